The summed E-state index contributed by atoms with van der Waals surface area (Å²) in [4.78, 5) is 18.2. The minimum absolute atomic E-state index is 0. The number of nitrogens with zero attached hydrogens (tertiary/aromatic N) is 2. The van der Waals surface area contributed by atoms with Crippen LogP contribution < -0.4 is 10.1 Å². The lowest BCUT2D eigenvalue weighted by Gasteiger charge is -2.31. The van der Waals surface area contributed by atoms with Crippen molar-refractivity contribution in [2.75, 3.05) is 26.2 Å². The number of pyridine rings is 1. The van der Waals surface area contributed by atoms with E-state index in [0.717, 1.165) is 13.0 Å². The first-order chi connectivity index (χ1) is 10.1. The highest BCUT2D eigenvalue weighted by Gasteiger charge is 2.35. The van der Waals surface area contributed by atoms with E-state index in [0.29, 0.717) is 25.0 Å². The number of amides is 1. The maximum Gasteiger partial charge on any atom is 0.272 e. The van der Waals surface area contributed by atoms with Crippen molar-refractivity contribution in [3.8, 4) is 5.88 Å². The Hall–Kier alpha value is -1.47. The lowest BCUT2D eigenvalue weighted by Crippen LogP contribution is -2.44. The number of piperidine rings is 1. The highest BCUT2D eigenvalue weighted by atomic mass is 35.5. The number of carbonyl (C=O) groups excluding carboxylic acids is 1. The molecule has 8 heteroatoms. The molecule has 2 aliphatic heterocycles. The maximum absolute atomic E-state index is 12.6. The predicted octanol–water partition coefficient (Wildman–Crippen LogP) is 1.58. The molecule has 2 fully saturated rings. The summed E-state index contributed by atoms with van der Waals surface area (Å²) >= 11 is 0. The maximum atomic E-state index is 12.6. The van der Waals surface area contributed by atoms with E-state index in [-0.39, 0.29) is 29.8 Å². The summed E-state index contributed by atoms with van der Waals surface area (Å²) in [7, 11) is 0. The van der Waals surface area contributed by atoms with Crippen LogP contribution in [0.5, 0.6) is 5.88 Å². The van der Waals surface area contributed by atoms with Crippen LogP contribution in [0, 0.1) is 5.92 Å². The number of rotatable bonds is 4. The van der Waals surface area contributed by atoms with Crippen LogP contribution in [0.15, 0.2) is 18.3 Å². The summed E-state index contributed by atoms with van der Waals surface area (Å²) in [5, 5.41) is 3.37. The molecular formula is C14H18ClF2N3O2. The number of halogens is 3. The first-order valence-electron chi connectivity index (χ1n) is 7.02. The third kappa shape index (κ3) is 3.64. The van der Waals surface area contributed by atoms with Gasteiger partial charge in [-0.25, -0.2) is 13.8 Å². The Morgan fingerprint density at radius 2 is 2.32 bits per heavy atom. The SMILES string of the molecule is Cl.O=C(c1cccnc1OCC(F)F)N1CC2CNC(C2)C1. The van der Waals surface area contributed by atoms with E-state index in [2.05, 4.69) is 10.3 Å². The Morgan fingerprint density at radius 3 is 3.05 bits per heavy atom. The van der Waals surface area contributed by atoms with Gasteiger partial charge in [-0.15, -0.1) is 12.4 Å². The summed E-state index contributed by atoms with van der Waals surface area (Å²) < 4.78 is 29.5. The molecule has 2 aliphatic rings. The van der Waals surface area contributed by atoms with E-state index in [1.54, 1.807) is 17.0 Å². The summed E-state index contributed by atoms with van der Waals surface area (Å²) in [6.07, 6.45) is -0.0742. The normalized spacial score (nSPS) is 23.3. The monoisotopic (exact) mass is 333 g/mol. The van der Waals surface area contributed by atoms with Crippen molar-refractivity contribution in [2.45, 2.75) is 18.9 Å². The van der Waals surface area contributed by atoms with Crippen LogP contribution in [0.2, 0.25) is 0 Å². The van der Waals surface area contributed by atoms with Gasteiger partial charge in [0.05, 0.1) is 0 Å². The Kier molecular flexibility index (Phi) is 5.52. The molecule has 1 N–H and O–H groups in total. The molecule has 0 aromatic carbocycles. The number of alkyl halides is 2. The van der Waals surface area contributed by atoms with Gasteiger partial charge < -0.3 is 15.0 Å². The summed E-state index contributed by atoms with van der Waals surface area (Å²) in [6.45, 7) is 1.49. The Labute approximate surface area is 133 Å². The molecule has 2 bridgehead atoms. The van der Waals surface area contributed by atoms with Crippen molar-refractivity contribution in [1.82, 2.24) is 15.2 Å². The fraction of sp³-hybridized carbons (Fsp3) is 0.571. The van der Waals surface area contributed by atoms with Gasteiger partial charge >= 0.3 is 0 Å². The molecule has 1 aromatic heterocycles. The van der Waals surface area contributed by atoms with Crippen molar-refractivity contribution in [2.24, 2.45) is 5.92 Å². The third-order valence-corrected chi connectivity index (χ3v) is 3.87. The van der Waals surface area contributed by atoms with Crippen LogP contribution in [0.3, 0.4) is 0 Å². The van der Waals surface area contributed by atoms with E-state index in [9.17, 15) is 13.6 Å². The highest BCUT2D eigenvalue weighted by Crippen LogP contribution is 2.25. The lowest BCUT2D eigenvalue weighted by molar-refractivity contribution is 0.0655. The molecule has 0 aliphatic carbocycles. The highest BCUT2D eigenvalue weighted by molar-refractivity contribution is 5.96. The fourth-order valence-corrected chi connectivity index (χ4v) is 2.98. The number of nitrogens with one attached hydrogen (secondary N) is 1. The second-order valence-electron chi connectivity index (χ2n) is 5.48. The molecule has 22 heavy (non-hydrogen) atoms. The van der Waals surface area contributed by atoms with Gasteiger partial charge in [0.15, 0.2) is 6.61 Å². The first-order valence-corrected chi connectivity index (χ1v) is 7.02. The smallest absolute Gasteiger partial charge is 0.272 e. The van der Waals surface area contributed by atoms with Crippen LogP contribution in [0.1, 0.15) is 16.8 Å². The molecule has 0 radical (unpaired) electrons. The van der Waals surface area contributed by atoms with Gasteiger partial charge in [0, 0.05) is 31.9 Å². The van der Waals surface area contributed by atoms with E-state index < -0.39 is 13.0 Å². The lowest BCUT2D eigenvalue weighted by atomic mass is 9.99. The molecule has 5 nitrogen and oxygen atoms in total. The number of aromatic nitrogens is 1. The molecular weight excluding hydrogens is 316 g/mol. The van der Waals surface area contributed by atoms with Crippen LogP contribution in [0.25, 0.3) is 0 Å². The number of fused-ring (bicyclic) bond motifs is 2. The van der Waals surface area contributed by atoms with E-state index >= 15 is 0 Å². The van der Waals surface area contributed by atoms with Crippen LogP contribution in [-0.2, 0) is 0 Å². The zero-order chi connectivity index (χ0) is 14.8. The third-order valence-electron chi connectivity index (χ3n) is 3.87. The van der Waals surface area contributed by atoms with Gasteiger partial charge in [0.1, 0.15) is 5.56 Å². The predicted molar refractivity (Wildman–Crippen MR) is 78.8 cm³/mol. The summed E-state index contributed by atoms with van der Waals surface area (Å²) in [6, 6.07) is 3.51. The molecule has 1 amide bonds. The summed E-state index contributed by atoms with van der Waals surface area (Å²) in [5.74, 6) is 0.245. The number of hydrogen-bond donors (Lipinski definition) is 1. The topological polar surface area (TPSA) is 54.5 Å². The number of carbonyl (C=O) groups is 1. The largest absolute Gasteiger partial charge is 0.471 e. The Balaban J connectivity index is 0.00000176. The number of ether oxygens (including phenoxy) is 1. The first kappa shape index (κ1) is 16.9. The Bertz CT molecular complexity index is 521. The number of hydrogen-bond acceptors (Lipinski definition) is 4. The minimum Gasteiger partial charge on any atom is -0.471 e. The quantitative estimate of drug-likeness (QED) is 0.909. The van der Waals surface area contributed by atoms with Crippen molar-refractivity contribution in [3.05, 3.63) is 23.9 Å². The molecule has 122 valence electrons. The molecule has 3 heterocycles. The van der Waals surface area contributed by atoms with Crippen molar-refractivity contribution >= 4 is 18.3 Å². The van der Waals surface area contributed by atoms with Gasteiger partial charge in [0.25, 0.3) is 12.3 Å². The second-order valence-corrected chi connectivity index (χ2v) is 5.48. The van der Waals surface area contributed by atoms with E-state index in [1.807, 2.05) is 0 Å². The average molecular weight is 334 g/mol. The molecule has 2 saturated heterocycles. The molecule has 0 saturated carbocycles. The summed E-state index contributed by atoms with van der Waals surface area (Å²) in [5.41, 5.74) is 0.249. The van der Waals surface area contributed by atoms with Crippen LogP contribution in [-0.4, -0.2) is 54.5 Å². The van der Waals surface area contributed by atoms with Gasteiger partial charge in [-0.05, 0) is 24.5 Å². The van der Waals surface area contributed by atoms with Gasteiger partial charge in [0.2, 0.25) is 5.88 Å². The van der Waals surface area contributed by atoms with E-state index in [1.165, 1.54) is 6.20 Å². The fourth-order valence-electron chi connectivity index (χ4n) is 2.98. The van der Waals surface area contributed by atoms with E-state index in [4.69, 9.17) is 4.74 Å². The molecule has 1 aromatic rings. The molecule has 2 unspecified atom stereocenters. The zero-order valence-corrected chi connectivity index (χ0v) is 12.7. The Morgan fingerprint density at radius 1 is 1.50 bits per heavy atom. The van der Waals surface area contributed by atoms with Gasteiger partial charge in [-0.2, -0.15) is 0 Å². The number of likely N-dealkylation sites (tertiary alicyclic amines) is 1. The minimum atomic E-state index is -2.59. The van der Waals surface area contributed by atoms with Crippen molar-refractivity contribution in [3.63, 3.8) is 0 Å². The molecule has 0 spiro atoms. The van der Waals surface area contributed by atoms with Crippen LogP contribution in [0.4, 0.5) is 8.78 Å². The standard InChI is InChI=1S/C14H17F2N3O2.ClH/c15-12(16)8-21-13-11(2-1-3-17-13)14(20)19-6-9-4-10(7-19)18-5-9;/h1-3,9-10,12,18H,4-8H2;1H. The molecule has 3 rings (SSSR count). The zero-order valence-electron chi connectivity index (χ0n) is 11.9. The van der Waals surface area contributed by atoms with Crippen molar-refractivity contribution in [1.29, 1.82) is 0 Å². The average Bonchev–Trinajstić information content (AvgIpc) is 2.83. The molecule has 2 atom stereocenters. The van der Waals surface area contributed by atoms with Gasteiger partial charge in [-0.1, -0.05) is 0 Å². The van der Waals surface area contributed by atoms with Gasteiger partial charge in [-0.3, -0.25) is 4.79 Å². The second kappa shape index (κ2) is 7.19. The van der Waals surface area contributed by atoms with Crippen molar-refractivity contribution < 1.29 is 18.3 Å². The van der Waals surface area contributed by atoms with Crippen LogP contribution >= 0.6 is 12.4 Å².